The number of benzene rings is 1. The molecule has 0 bridgehead atoms. The van der Waals surface area contributed by atoms with Crippen LogP contribution in [0.5, 0.6) is 5.75 Å². The Morgan fingerprint density at radius 1 is 1.37 bits per heavy atom. The second kappa shape index (κ2) is 7.48. The highest BCUT2D eigenvalue weighted by molar-refractivity contribution is 5.30. The fraction of sp³-hybridized carbons (Fsp3) is 0.600. The molecule has 1 aromatic carbocycles. The van der Waals surface area contributed by atoms with Gasteiger partial charge in [-0.05, 0) is 37.1 Å². The van der Waals surface area contributed by atoms with Gasteiger partial charge in [0.1, 0.15) is 5.75 Å². The first-order chi connectivity index (χ1) is 9.29. The van der Waals surface area contributed by atoms with Crippen LogP contribution in [0.3, 0.4) is 0 Å². The Bertz CT molecular complexity index is 377. The summed E-state index contributed by atoms with van der Waals surface area (Å²) in [5.74, 6) is 0.884. The molecule has 1 aliphatic rings. The molecule has 2 rings (SSSR count). The molecule has 4 nitrogen and oxygen atoms in total. The summed E-state index contributed by atoms with van der Waals surface area (Å²) in [5.41, 5.74) is 7.41. The van der Waals surface area contributed by atoms with Crippen LogP contribution < -0.4 is 15.8 Å². The third kappa shape index (κ3) is 4.49. The van der Waals surface area contributed by atoms with Gasteiger partial charge in [0.25, 0.3) is 0 Å². The van der Waals surface area contributed by atoms with Crippen LogP contribution in [-0.4, -0.2) is 44.7 Å². The zero-order chi connectivity index (χ0) is 13.5. The highest BCUT2D eigenvalue weighted by atomic mass is 16.5. The van der Waals surface area contributed by atoms with Crippen molar-refractivity contribution in [2.75, 3.05) is 39.8 Å². The van der Waals surface area contributed by atoms with Crippen LogP contribution in [0, 0.1) is 0 Å². The molecule has 4 heteroatoms. The van der Waals surface area contributed by atoms with Gasteiger partial charge in [-0.15, -0.1) is 0 Å². The topological polar surface area (TPSA) is 50.5 Å². The molecule has 1 atom stereocenters. The summed E-state index contributed by atoms with van der Waals surface area (Å²) < 4.78 is 5.23. The van der Waals surface area contributed by atoms with E-state index in [0.29, 0.717) is 0 Å². The lowest BCUT2D eigenvalue weighted by Crippen LogP contribution is -2.43. The van der Waals surface area contributed by atoms with Crippen molar-refractivity contribution in [3.63, 3.8) is 0 Å². The minimum absolute atomic E-state index is 0.109. The second-order valence-corrected chi connectivity index (χ2v) is 5.12. The Balaban J connectivity index is 1.75. The average Bonchev–Trinajstić information content (AvgIpc) is 2.48. The number of ether oxygens (including phenoxy) is 1. The molecule has 1 heterocycles. The Morgan fingerprint density at radius 3 is 2.89 bits per heavy atom. The third-order valence-electron chi connectivity index (χ3n) is 3.72. The van der Waals surface area contributed by atoms with Gasteiger partial charge in [0.15, 0.2) is 0 Å². The number of hydrogen-bond donors (Lipinski definition) is 2. The predicted octanol–water partition coefficient (Wildman–Crippen LogP) is 1.38. The molecule has 0 aromatic heterocycles. The van der Waals surface area contributed by atoms with Crippen molar-refractivity contribution in [3.05, 3.63) is 29.8 Å². The van der Waals surface area contributed by atoms with E-state index in [0.717, 1.165) is 51.3 Å². The minimum atomic E-state index is 0.109. The van der Waals surface area contributed by atoms with Crippen molar-refractivity contribution in [3.8, 4) is 5.75 Å². The summed E-state index contributed by atoms with van der Waals surface area (Å²) in [6, 6.07) is 8.19. The number of nitrogens with two attached hydrogens (primary N) is 1. The van der Waals surface area contributed by atoms with E-state index in [-0.39, 0.29) is 6.04 Å². The molecule has 0 spiro atoms. The van der Waals surface area contributed by atoms with E-state index in [1.54, 1.807) is 7.11 Å². The maximum absolute atomic E-state index is 6.25. The monoisotopic (exact) mass is 263 g/mol. The van der Waals surface area contributed by atoms with E-state index < -0.39 is 0 Å². The van der Waals surface area contributed by atoms with Crippen molar-refractivity contribution < 1.29 is 4.74 Å². The first kappa shape index (κ1) is 14.3. The normalized spacial score (nSPS) is 18.2. The molecule has 1 saturated heterocycles. The first-order valence-corrected chi connectivity index (χ1v) is 7.12. The molecule has 0 amide bonds. The fourth-order valence-electron chi connectivity index (χ4n) is 2.51. The van der Waals surface area contributed by atoms with E-state index in [1.807, 2.05) is 18.2 Å². The first-order valence-electron chi connectivity index (χ1n) is 7.12. The number of nitrogens with zero attached hydrogens (tertiary/aromatic N) is 1. The summed E-state index contributed by atoms with van der Waals surface area (Å²) in [6.45, 7) is 5.70. The Labute approximate surface area is 115 Å². The van der Waals surface area contributed by atoms with Gasteiger partial charge >= 0.3 is 0 Å². The minimum Gasteiger partial charge on any atom is -0.497 e. The van der Waals surface area contributed by atoms with Crippen LogP contribution in [0.4, 0.5) is 0 Å². The van der Waals surface area contributed by atoms with E-state index in [1.165, 1.54) is 5.56 Å². The summed E-state index contributed by atoms with van der Waals surface area (Å²) >= 11 is 0. The lowest BCUT2D eigenvalue weighted by Gasteiger charge is -2.27. The van der Waals surface area contributed by atoms with Crippen LogP contribution >= 0.6 is 0 Å². The van der Waals surface area contributed by atoms with Gasteiger partial charge in [0, 0.05) is 32.2 Å². The van der Waals surface area contributed by atoms with Crippen LogP contribution in [0.2, 0.25) is 0 Å². The lowest BCUT2D eigenvalue weighted by atomic mass is 10.0. The Kier molecular flexibility index (Phi) is 5.63. The quantitative estimate of drug-likeness (QED) is 0.814. The molecular formula is C15H25N3O. The molecular weight excluding hydrogens is 238 g/mol. The van der Waals surface area contributed by atoms with Gasteiger partial charge in [-0.25, -0.2) is 0 Å². The molecule has 1 aliphatic heterocycles. The third-order valence-corrected chi connectivity index (χ3v) is 3.72. The number of rotatable bonds is 6. The van der Waals surface area contributed by atoms with E-state index >= 15 is 0 Å². The fourth-order valence-corrected chi connectivity index (χ4v) is 2.51. The molecule has 0 saturated carbocycles. The molecule has 1 aromatic rings. The maximum Gasteiger partial charge on any atom is 0.119 e. The van der Waals surface area contributed by atoms with Crippen LogP contribution in [-0.2, 0) is 0 Å². The Hall–Kier alpha value is -1.10. The van der Waals surface area contributed by atoms with Gasteiger partial charge < -0.3 is 20.7 Å². The summed E-state index contributed by atoms with van der Waals surface area (Å²) in [6.07, 6.45) is 2.18. The van der Waals surface area contributed by atoms with E-state index in [9.17, 15) is 0 Å². The zero-order valence-corrected chi connectivity index (χ0v) is 11.8. The average molecular weight is 263 g/mol. The summed E-state index contributed by atoms with van der Waals surface area (Å²) in [7, 11) is 1.69. The van der Waals surface area contributed by atoms with Gasteiger partial charge in [0.2, 0.25) is 0 Å². The lowest BCUT2D eigenvalue weighted by molar-refractivity contribution is 0.235. The number of methoxy groups -OCH3 is 1. The smallest absolute Gasteiger partial charge is 0.119 e. The highest BCUT2D eigenvalue weighted by Crippen LogP contribution is 2.20. The van der Waals surface area contributed by atoms with Crippen molar-refractivity contribution in [2.24, 2.45) is 5.73 Å². The van der Waals surface area contributed by atoms with E-state index in [2.05, 4.69) is 16.3 Å². The highest BCUT2D eigenvalue weighted by Gasteiger charge is 2.11. The zero-order valence-electron chi connectivity index (χ0n) is 11.8. The molecule has 0 aliphatic carbocycles. The van der Waals surface area contributed by atoms with Gasteiger partial charge in [-0.1, -0.05) is 12.1 Å². The second-order valence-electron chi connectivity index (χ2n) is 5.12. The predicted molar refractivity (Wildman–Crippen MR) is 78.5 cm³/mol. The molecule has 19 heavy (non-hydrogen) atoms. The van der Waals surface area contributed by atoms with Crippen molar-refractivity contribution in [1.29, 1.82) is 0 Å². The van der Waals surface area contributed by atoms with Crippen molar-refractivity contribution >= 4 is 0 Å². The van der Waals surface area contributed by atoms with Gasteiger partial charge in [-0.2, -0.15) is 0 Å². The Morgan fingerprint density at radius 2 is 2.16 bits per heavy atom. The maximum atomic E-state index is 6.25. The molecule has 1 unspecified atom stereocenters. The summed E-state index contributed by atoms with van der Waals surface area (Å²) in [4.78, 5) is 2.51. The van der Waals surface area contributed by atoms with Crippen LogP contribution in [0.25, 0.3) is 0 Å². The number of piperazine rings is 1. The standard InChI is InChI=1S/C15H25N3O/c1-19-14-5-2-4-13(12-14)15(16)6-3-9-18-10-7-17-8-11-18/h2,4-5,12,15,17H,3,6-11,16H2,1H3. The SMILES string of the molecule is COc1cccc(C(N)CCCN2CCNCC2)c1. The molecule has 1 fully saturated rings. The molecule has 3 N–H and O–H groups in total. The molecule has 106 valence electrons. The van der Waals surface area contributed by atoms with Crippen LogP contribution in [0.15, 0.2) is 24.3 Å². The van der Waals surface area contributed by atoms with Crippen molar-refractivity contribution in [2.45, 2.75) is 18.9 Å². The van der Waals surface area contributed by atoms with Gasteiger partial charge in [0.05, 0.1) is 7.11 Å². The number of nitrogens with one attached hydrogen (secondary N) is 1. The molecule has 0 radical (unpaired) electrons. The van der Waals surface area contributed by atoms with Crippen molar-refractivity contribution in [1.82, 2.24) is 10.2 Å². The van der Waals surface area contributed by atoms with Gasteiger partial charge in [-0.3, -0.25) is 0 Å². The van der Waals surface area contributed by atoms with Crippen LogP contribution in [0.1, 0.15) is 24.4 Å². The largest absolute Gasteiger partial charge is 0.497 e. The van der Waals surface area contributed by atoms with E-state index in [4.69, 9.17) is 10.5 Å². The number of hydrogen-bond acceptors (Lipinski definition) is 4. The summed E-state index contributed by atoms with van der Waals surface area (Å²) in [5, 5.41) is 3.37.